The molecule has 0 unspecified atom stereocenters. The Hall–Kier alpha value is -1.77. The van der Waals surface area contributed by atoms with Crippen molar-refractivity contribution in [3.8, 4) is 5.75 Å². The fraction of sp³-hybridized carbons (Fsp3) is 0.400. The van der Waals surface area contributed by atoms with Gasteiger partial charge in [-0.2, -0.15) is 0 Å². The van der Waals surface area contributed by atoms with Gasteiger partial charge in [-0.3, -0.25) is 4.79 Å². The molecule has 0 heterocycles. The molecule has 1 aromatic rings. The van der Waals surface area contributed by atoms with E-state index in [9.17, 15) is 9.90 Å². The molecule has 0 bridgehead atoms. The van der Waals surface area contributed by atoms with Gasteiger partial charge in [0.25, 0.3) is 0 Å². The Balaban J connectivity index is 3.08. The third-order valence-electron chi connectivity index (χ3n) is 2.71. The Kier molecular flexibility index (Phi) is 4.17. The molecule has 1 aromatic carbocycles. The van der Waals surface area contributed by atoms with E-state index in [1.807, 2.05) is 33.8 Å². The number of aryl methyl sites for hydroxylation is 1. The first-order valence-electron chi connectivity index (χ1n) is 5.86. The van der Waals surface area contributed by atoms with Crippen LogP contribution in [0.15, 0.2) is 24.3 Å². The van der Waals surface area contributed by atoms with Crippen LogP contribution in [0.2, 0.25) is 0 Å². The minimum atomic E-state index is -0.497. The summed E-state index contributed by atoms with van der Waals surface area (Å²) in [5, 5.41) is 9.95. The molecule has 0 saturated heterocycles. The highest BCUT2D eigenvalue weighted by Crippen LogP contribution is 2.24. The maximum absolute atomic E-state index is 11.8. The molecule has 0 aromatic heterocycles. The number of allylic oxidation sites excluding steroid dienone is 1. The van der Waals surface area contributed by atoms with Crippen molar-refractivity contribution < 1.29 is 14.6 Å². The number of carbonyl (C=O) groups excluding carboxylic acids is 1. The summed E-state index contributed by atoms with van der Waals surface area (Å²) in [5.41, 5.74) is 1.06. The van der Waals surface area contributed by atoms with E-state index in [-0.39, 0.29) is 11.5 Å². The van der Waals surface area contributed by atoms with Crippen molar-refractivity contribution in [1.29, 1.82) is 0 Å². The largest absolute Gasteiger partial charge is 0.507 e. The van der Waals surface area contributed by atoms with E-state index in [2.05, 4.69) is 0 Å². The van der Waals surface area contributed by atoms with Gasteiger partial charge in [0.2, 0.25) is 0 Å². The summed E-state index contributed by atoms with van der Waals surface area (Å²) < 4.78 is 5.18. The van der Waals surface area contributed by atoms with E-state index >= 15 is 0 Å². The van der Waals surface area contributed by atoms with Gasteiger partial charge in [-0.15, -0.1) is 0 Å². The van der Waals surface area contributed by atoms with Gasteiger partial charge in [0.05, 0.1) is 7.11 Å². The van der Waals surface area contributed by atoms with Gasteiger partial charge in [-0.25, -0.2) is 0 Å². The maximum atomic E-state index is 11.8. The summed E-state index contributed by atoms with van der Waals surface area (Å²) in [7, 11) is 1.58. The number of hydrogen-bond acceptors (Lipinski definition) is 3. The molecular formula is C15H20O3. The zero-order valence-corrected chi connectivity index (χ0v) is 11.6. The van der Waals surface area contributed by atoms with Crippen LogP contribution in [0.5, 0.6) is 5.75 Å². The molecule has 18 heavy (non-hydrogen) atoms. The van der Waals surface area contributed by atoms with Crippen LogP contribution >= 0.6 is 0 Å². The zero-order chi connectivity index (χ0) is 13.9. The molecule has 0 spiro atoms. The molecule has 0 saturated carbocycles. The minimum Gasteiger partial charge on any atom is -0.507 e. The number of aliphatic hydroxyl groups excluding tert-OH is 1. The van der Waals surface area contributed by atoms with Crippen molar-refractivity contribution in [1.82, 2.24) is 0 Å². The van der Waals surface area contributed by atoms with E-state index in [0.717, 1.165) is 5.56 Å². The number of ether oxygens (including phenoxy) is 1. The Labute approximate surface area is 108 Å². The van der Waals surface area contributed by atoms with Crippen LogP contribution in [0.25, 0.3) is 5.76 Å². The SMILES string of the molecule is COc1cc(/C(O)=C/C(=O)C(C)(C)C)ccc1C. The first kappa shape index (κ1) is 14.3. The Morgan fingerprint density at radius 3 is 2.44 bits per heavy atom. The summed E-state index contributed by atoms with van der Waals surface area (Å²) in [4.78, 5) is 11.8. The average Bonchev–Trinajstić information content (AvgIpc) is 2.28. The monoisotopic (exact) mass is 248 g/mol. The molecule has 0 aliphatic carbocycles. The molecule has 3 nitrogen and oxygen atoms in total. The molecule has 1 N–H and O–H groups in total. The predicted molar refractivity (Wildman–Crippen MR) is 72.8 cm³/mol. The number of ketones is 1. The van der Waals surface area contributed by atoms with Crippen molar-refractivity contribution in [3.05, 3.63) is 35.4 Å². The van der Waals surface area contributed by atoms with Gasteiger partial charge >= 0.3 is 0 Å². The highest BCUT2D eigenvalue weighted by atomic mass is 16.5. The van der Waals surface area contributed by atoms with Gasteiger partial charge in [-0.05, 0) is 18.6 Å². The topological polar surface area (TPSA) is 46.5 Å². The first-order chi connectivity index (χ1) is 8.25. The van der Waals surface area contributed by atoms with Gasteiger partial charge < -0.3 is 9.84 Å². The normalized spacial score (nSPS) is 12.4. The molecule has 98 valence electrons. The Morgan fingerprint density at radius 1 is 1.33 bits per heavy atom. The lowest BCUT2D eigenvalue weighted by atomic mass is 9.90. The van der Waals surface area contributed by atoms with E-state index in [0.29, 0.717) is 11.3 Å². The van der Waals surface area contributed by atoms with Crippen molar-refractivity contribution in [2.24, 2.45) is 5.41 Å². The van der Waals surface area contributed by atoms with Crippen LogP contribution in [0.1, 0.15) is 31.9 Å². The second kappa shape index (κ2) is 5.25. The van der Waals surface area contributed by atoms with Crippen LogP contribution < -0.4 is 4.74 Å². The number of rotatable bonds is 3. The fourth-order valence-electron chi connectivity index (χ4n) is 1.40. The fourth-order valence-corrected chi connectivity index (χ4v) is 1.40. The molecule has 0 aliphatic heterocycles. The van der Waals surface area contributed by atoms with Crippen LogP contribution in [-0.4, -0.2) is 18.0 Å². The van der Waals surface area contributed by atoms with Crippen molar-refractivity contribution in [2.75, 3.05) is 7.11 Å². The molecule has 3 heteroatoms. The summed E-state index contributed by atoms with van der Waals surface area (Å²) in [6.45, 7) is 7.36. The van der Waals surface area contributed by atoms with E-state index in [1.165, 1.54) is 6.08 Å². The number of methoxy groups -OCH3 is 1. The third kappa shape index (κ3) is 3.36. The quantitative estimate of drug-likeness (QED) is 0.657. The Bertz CT molecular complexity index is 479. The smallest absolute Gasteiger partial charge is 0.164 e. The lowest BCUT2D eigenvalue weighted by Gasteiger charge is -2.14. The van der Waals surface area contributed by atoms with Gasteiger partial charge in [0.15, 0.2) is 5.78 Å². The predicted octanol–water partition coefficient (Wildman–Crippen LogP) is 3.52. The summed E-state index contributed by atoms with van der Waals surface area (Å²) in [6, 6.07) is 5.33. The van der Waals surface area contributed by atoms with E-state index in [4.69, 9.17) is 4.74 Å². The molecule has 0 amide bonds. The van der Waals surface area contributed by atoms with E-state index < -0.39 is 5.41 Å². The van der Waals surface area contributed by atoms with Crippen molar-refractivity contribution >= 4 is 11.5 Å². The number of carbonyl (C=O) groups is 1. The highest BCUT2D eigenvalue weighted by Gasteiger charge is 2.20. The summed E-state index contributed by atoms with van der Waals surface area (Å²) in [5.74, 6) is 0.545. The highest BCUT2D eigenvalue weighted by molar-refractivity contribution is 5.98. The molecule has 1 rings (SSSR count). The number of hydrogen-bond donors (Lipinski definition) is 1. The Morgan fingerprint density at radius 2 is 1.94 bits per heavy atom. The molecule has 0 aliphatic rings. The van der Waals surface area contributed by atoms with E-state index in [1.54, 1.807) is 19.2 Å². The number of benzene rings is 1. The summed E-state index contributed by atoms with van der Waals surface area (Å²) in [6.07, 6.45) is 1.27. The van der Waals surface area contributed by atoms with Crippen LogP contribution in [0.4, 0.5) is 0 Å². The second-order valence-electron chi connectivity index (χ2n) is 5.33. The second-order valence-corrected chi connectivity index (χ2v) is 5.33. The van der Waals surface area contributed by atoms with Crippen molar-refractivity contribution in [2.45, 2.75) is 27.7 Å². The van der Waals surface area contributed by atoms with Gasteiger partial charge in [0.1, 0.15) is 11.5 Å². The van der Waals surface area contributed by atoms with Gasteiger partial charge in [-0.1, -0.05) is 32.9 Å². The van der Waals surface area contributed by atoms with Gasteiger partial charge in [0, 0.05) is 17.1 Å². The molecular weight excluding hydrogens is 228 g/mol. The lowest BCUT2D eigenvalue weighted by Crippen LogP contribution is -2.17. The molecule has 0 atom stereocenters. The van der Waals surface area contributed by atoms with Crippen LogP contribution in [0.3, 0.4) is 0 Å². The summed E-state index contributed by atoms with van der Waals surface area (Å²) >= 11 is 0. The van der Waals surface area contributed by atoms with Crippen LogP contribution in [0, 0.1) is 12.3 Å². The maximum Gasteiger partial charge on any atom is 0.164 e. The number of aliphatic hydroxyl groups is 1. The lowest BCUT2D eigenvalue weighted by molar-refractivity contribution is -0.121. The zero-order valence-electron chi connectivity index (χ0n) is 11.6. The first-order valence-corrected chi connectivity index (χ1v) is 5.86. The third-order valence-corrected chi connectivity index (χ3v) is 2.71. The minimum absolute atomic E-state index is 0.0341. The van der Waals surface area contributed by atoms with Crippen molar-refractivity contribution in [3.63, 3.8) is 0 Å². The average molecular weight is 248 g/mol. The standard InChI is InChI=1S/C15H20O3/c1-10-6-7-11(8-13(10)18-5)12(16)9-14(17)15(2,3)4/h6-9,16H,1-5H3/b12-9-. The molecule has 0 fully saturated rings. The van der Waals surface area contributed by atoms with Crippen LogP contribution in [-0.2, 0) is 4.79 Å². The molecule has 0 radical (unpaired) electrons.